The first-order valence-corrected chi connectivity index (χ1v) is 6.84. The summed E-state index contributed by atoms with van der Waals surface area (Å²) in [5.41, 5.74) is 3.08. The third-order valence-electron chi connectivity index (χ3n) is 3.10. The summed E-state index contributed by atoms with van der Waals surface area (Å²) in [6.07, 6.45) is -0.101. The summed E-state index contributed by atoms with van der Waals surface area (Å²) >= 11 is 0. The van der Waals surface area contributed by atoms with Gasteiger partial charge in [-0.1, -0.05) is 23.8 Å². The molecule has 1 rings (SSSR count). The van der Waals surface area contributed by atoms with E-state index in [9.17, 15) is 14.7 Å². The fraction of sp³-hybridized carbons (Fsp3) is 0.467. The number of hydrogen-bond acceptors (Lipinski definition) is 4. The van der Waals surface area contributed by atoms with Crippen molar-refractivity contribution in [2.24, 2.45) is 0 Å². The largest absolute Gasteiger partial charge is 0.480 e. The molecule has 6 nitrogen and oxygen atoms in total. The van der Waals surface area contributed by atoms with Crippen molar-refractivity contribution in [2.75, 3.05) is 19.6 Å². The predicted molar refractivity (Wildman–Crippen MR) is 79.0 cm³/mol. The molecule has 21 heavy (non-hydrogen) atoms. The summed E-state index contributed by atoms with van der Waals surface area (Å²) in [5.74, 6) is -1.45. The second-order valence-corrected chi connectivity index (χ2v) is 5.01. The highest BCUT2D eigenvalue weighted by atomic mass is 16.4. The second-order valence-electron chi connectivity index (χ2n) is 5.01. The SMILES string of the molecule is Cc1ccc(C(O)CCNCC(=O)NCC(=O)O)c(C)c1. The zero-order valence-electron chi connectivity index (χ0n) is 12.3. The van der Waals surface area contributed by atoms with Gasteiger partial charge >= 0.3 is 5.97 Å². The highest BCUT2D eigenvalue weighted by molar-refractivity contribution is 5.82. The van der Waals surface area contributed by atoms with E-state index in [2.05, 4.69) is 10.6 Å². The fourth-order valence-corrected chi connectivity index (χ4v) is 2.03. The van der Waals surface area contributed by atoms with Crippen molar-refractivity contribution in [2.45, 2.75) is 26.4 Å². The Balaban J connectivity index is 2.29. The Morgan fingerprint density at radius 3 is 2.57 bits per heavy atom. The molecular weight excluding hydrogens is 272 g/mol. The standard InChI is InChI=1S/C15H22N2O4/c1-10-3-4-12(11(2)7-10)13(18)5-6-16-8-14(19)17-9-15(20)21/h3-4,7,13,16,18H,5-6,8-9H2,1-2H3,(H,17,19)(H,20,21). The molecule has 116 valence electrons. The van der Waals surface area contributed by atoms with Crippen LogP contribution in [-0.4, -0.2) is 41.7 Å². The highest BCUT2D eigenvalue weighted by Crippen LogP contribution is 2.20. The molecule has 1 aromatic rings. The van der Waals surface area contributed by atoms with Gasteiger partial charge < -0.3 is 20.8 Å². The third-order valence-corrected chi connectivity index (χ3v) is 3.10. The number of benzene rings is 1. The summed E-state index contributed by atoms with van der Waals surface area (Å²) in [6, 6.07) is 5.89. The molecule has 1 aromatic carbocycles. The van der Waals surface area contributed by atoms with E-state index in [0.717, 1.165) is 16.7 Å². The molecular formula is C15H22N2O4. The maximum Gasteiger partial charge on any atom is 0.322 e. The van der Waals surface area contributed by atoms with Crippen LogP contribution >= 0.6 is 0 Å². The average Bonchev–Trinajstić information content (AvgIpc) is 2.41. The Hall–Kier alpha value is -1.92. The number of aryl methyl sites for hydroxylation is 2. The predicted octanol–water partition coefficient (Wildman–Crippen LogP) is 0.517. The van der Waals surface area contributed by atoms with Gasteiger partial charge in [-0.05, 0) is 37.9 Å². The summed E-state index contributed by atoms with van der Waals surface area (Å²) in [6.45, 7) is 4.08. The Bertz CT molecular complexity index is 502. The van der Waals surface area contributed by atoms with Crippen LogP contribution in [0.25, 0.3) is 0 Å². The van der Waals surface area contributed by atoms with E-state index in [1.165, 1.54) is 0 Å². The van der Waals surface area contributed by atoms with Crippen LogP contribution in [0.1, 0.15) is 29.2 Å². The number of aliphatic hydroxyl groups excluding tert-OH is 1. The number of carbonyl (C=O) groups excluding carboxylic acids is 1. The van der Waals surface area contributed by atoms with E-state index in [1.807, 2.05) is 32.0 Å². The van der Waals surface area contributed by atoms with Crippen molar-refractivity contribution >= 4 is 11.9 Å². The molecule has 0 spiro atoms. The number of aliphatic carboxylic acids is 1. The van der Waals surface area contributed by atoms with Gasteiger partial charge in [0.05, 0.1) is 12.6 Å². The molecule has 4 N–H and O–H groups in total. The van der Waals surface area contributed by atoms with Crippen LogP contribution in [0.2, 0.25) is 0 Å². The first-order chi connectivity index (χ1) is 9.90. The van der Waals surface area contributed by atoms with Crippen molar-refractivity contribution in [3.63, 3.8) is 0 Å². The number of aliphatic hydroxyl groups is 1. The van der Waals surface area contributed by atoms with Gasteiger partial charge in [-0.15, -0.1) is 0 Å². The minimum absolute atomic E-state index is 0.0346. The summed E-state index contributed by atoms with van der Waals surface area (Å²) < 4.78 is 0. The van der Waals surface area contributed by atoms with Gasteiger partial charge in [0, 0.05) is 0 Å². The van der Waals surface area contributed by atoms with Crippen LogP contribution in [-0.2, 0) is 9.59 Å². The summed E-state index contributed by atoms with van der Waals surface area (Å²) in [4.78, 5) is 21.5. The van der Waals surface area contributed by atoms with E-state index in [1.54, 1.807) is 0 Å². The van der Waals surface area contributed by atoms with Crippen LogP contribution in [0.15, 0.2) is 18.2 Å². The number of hydrogen-bond donors (Lipinski definition) is 4. The second kappa shape index (κ2) is 8.39. The van der Waals surface area contributed by atoms with E-state index >= 15 is 0 Å². The summed E-state index contributed by atoms with van der Waals surface area (Å²) in [5, 5.41) is 23.7. The zero-order chi connectivity index (χ0) is 15.8. The molecule has 0 bridgehead atoms. The lowest BCUT2D eigenvalue weighted by atomic mass is 9.99. The van der Waals surface area contributed by atoms with Gasteiger partial charge in [0.15, 0.2) is 0 Å². The molecule has 0 aliphatic heterocycles. The van der Waals surface area contributed by atoms with Crippen molar-refractivity contribution in [1.29, 1.82) is 0 Å². The lowest BCUT2D eigenvalue weighted by Crippen LogP contribution is -2.37. The number of rotatable bonds is 8. The molecule has 0 heterocycles. The quantitative estimate of drug-likeness (QED) is 0.524. The Kier molecular flexibility index (Phi) is 6.84. The summed E-state index contributed by atoms with van der Waals surface area (Å²) in [7, 11) is 0. The molecule has 1 amide bonds. The topological polar surface area (TPSA) is 98.7 Å². The molecule has 0 saturated carbocycles. The maximum atomic E-state index is 11.3. The van der Waals surface area contributed by atoms with Crippen molar-refractivity contribution < 1.29 is 19.8 Å². The van der Waals surface area contributed by atoms with Gasteiger partial charge in [-0.25, -0.2) is 0 Å². The van der Waals surface area contributed by atoms with Crippen LogP contribution in [0, 0.1) is 13.8 Å². The number of nitrogens with one attached hydrogen (secondary N) is 2. The molecule has 1 unspecified atom stereocenters. The van der Waals surface area contributed by atoms with Crippen LogP contribution < -0.4 is 10.6 Å². The maximum absolute atomic E-state index is 11.3. The van der Waals surface area contributed by atoms with Crippen LogP contribution in [0.5, 0.6) is 0 Å². The normalized spacial score (nSPS) is 12.0. The van der Waals surface area contributed by atoms with Gasteiger partial charge in [-0.3, -0.25) is 9.59 Å². The fourth-order valence-electron chi connectivity index (χ4n) is 2.03. The minimum Gasteiger partial charge on any atom is -0.480 e. The molecule has 1 atom stereocenters. The molecule has 0 saturated heterocycles. The zero-order valence-corrected chi connectivity index (χ0v) is 12.3. The van der Waals surface area contributed by atoms with Gasteiger partial charge in [0.2, 0.25) is 5.91 Å². The van der Waals surface area contributed by atoms with Crippen LogP contribution in [0.4, 0.5) is 0 Å². The highest BCUT2D eigenvalue weighted by Gasteiger charge is 2.10. The molecule has 0 aliphatic carbocycles. The first-order valence-electron chi connectivity index (χ1n) is 6.84. The minimum atomic E-state index is -1.08. The van der Waals surface area contributed by atoms with Crippen molar-refractivity contribution in [3.05, 3.63) is 34.9 Å². The average molecular weight is 294 g/mol. The molecule has 0 aromatic heterocycles. The third kappa shape index (κ3) is 6.37. The van der Waals surface area contributed by atoms with Crippen molar-refractivity contribution in [3.8, 4) is 0 Å². The Morgan fingerprint density at radius 2 is 1.95 bits per heavy atom. The van der Waals surface area contributed by atoms with E-state index in [4.69, 9.17) is 5.11 Å². The Morgan fingerprint density at radius 1 is 1.24 bits per heavy atom. The van der Waals surface area contributed by atoms with Gasteiger partial charge in [-0.2, -0.15) is 0 Å². The lowest BCUT2D eigenvalue weighted by molar-refractivity contribution is -0.137. The Labute approximate surface area is 124 Å². The molecule has 0 aliphatic rings. The van der Waals surface area contributed by atoms with Crippen LogP contribution in [0.3, 0.4) is 0 Å². The number of carbonyl (C=O) groups is 2. The van der Waals surface area contributed by atoms with E-state index < -0.39 is 12.1 Å². The first kappa shape index (κ1) is 17.1. The van der Waals surface area contributed by atoms with Gasteiger partial charge in [0.1, 0.15) is 6.54 Å². The van der Waals surface area contributed by atoms with E-state index in [0.29, 0.717) is 13.0 Å². The van der Waals surface area contributed by atoms with Crippen molar-refractivity contribution in [1.82, 2.24) is 10.6 Å². The number of carboxylic acids is 1. The molecule has 0 fully saturated rings. The molecule has 6 heteroatoms. The smallest absolute Gasteiger partial charge is 0.322 e. The van der Waals surface area contributed by atoms with E-state index in [-0.39, 0.29) is 19.0 Å². The lowest BCUT2D eigenvalue weighted by Gasteiger charge is -2.14. The monoisotopic (exact) mass is 294 g/mol. The number of carboxylic acid groups (broad SMARTS) is 1. The van der Waals surface area contributed by atoms with Gasteiger partial charge in [0.25, 0.3) is 0 Å². The molecule has 0 radical (unpaired) electrons. The number of amides is 1.